The zero-order valence-corrected chi connectivity index (χ0v) is 11.5. The first-order chi connectivity index (χ1) is 9.13. The summed E-state index contributed by atoms with van der Waals surface area (Å²) in [6.07, 6.45) is 0.539. The van der Waals surface area contributed by atoms with Crippen molar-refractivity contribution in [3.8, 4) is 0 Å². The van der Waals surface area contributed by atoms with E-state index in [9.17, 15) is 4.79 Å². The first kappa shape index (κ1) is 14.0. The molecule has 0 spiro atoms. The van der Waals surface area contributed by atoms with E-state index in [-0.39, 0.29) is 25.2 Å². The van der Waals surface area contributed by atoms with Crippen molar-refractivity contribution < 1.29 is 14.6 Å². The Morgan fingerprint density at radius 1 is 1.37 bits per heavy atom. The minimum atomic E-state index is -0.0730. The third kappa shape index (κ3) is 3.14. The second-order valence-corrected chi connectivity index (χ2v) is 5.19. The van der Waals surface area contributed by atoms with E-state index < -0.39 is 0 Å². The first-order valence-corrected chi connectivity index (χ1v) is 6.74. The van der Waals surface area contributed by atoms with Crippen molar-refractivity contribution in [3.63, 3.8) is 0 Å². The molecule has 1 heterocycles. The van der Waals surface area contributed by atoms with Crippen molar-refractivity contribution in [3.05, 3.63) is 29.8 Å². The van der Waals surface area contributed by atoms with E-state index in [4.69, 9.17) is 9.84 Å². The number of anilines is 1. The number of amides is 1. The second-order valence-electron chi connectivity index (χ2n) is 5.19. The van der Waals surface area contributed by atoms with E-state index in [1.807, 2.05) is 12.1 Å². The van der Waals surface area contributed by atoms with Crippen molar-refractivity contribution in [1.29, 1.82) is 0 Å². The lowest BCUT2D eigenvalue weighted by Crippen LogP contribution is -2.50. The number of ether oxygens (including phenoxy) is 1. The monoisotopic (exact) mass is 263 g/mol. The molecular formula is C15H21NO3. The summed E-state index contributed by atoms with van der Waals surface area (Å²) in [5.74, 6) is 0.435. The van der Waals surface area contributed by atoms with Crippen LogP contribution in [-0.4, -0.2) is 36.9 Å². The summed E-state index contributed by atoms with van der Waals surface area (Å²) in [5, 5.41) is 9.09. The van der Waals surface area contributed by atoms with Crippen molar-refractivity contribution in [2.45, 2.75) is 32.2 Å². The lowest BCUT2D eigenvalue weighted by Gasteiger charge is -2.35. The van der Waals surface area contributed by atoms with Gasteiger partial charge in [0, 0.05) is 12.3 Å². The Hall–Kier alpha value is -1.39. The molecule has 2 rings (SSSR count). The van der Waals surface area contributed by atoms with Crippen LogP contribution in [0.4, 0.5) is 5.69 Å². The third-order valence-electron chi connectivity index (χ3n) is 3.47. The molecule has 1 unspecified atom stereocenters. The summed E-state index contributed by atoms with van der Waals surface area (Å²) in [6, 6.07) is 7.99. The van der Waals surface area contributed by atoms with Crippen LogP contribution in [-0.2, 0) is 9.53 Å². The molecule has 0 aliphatic carbocycles. The van der Waals surface area contributed by atoms with Crippen LogP contribution in [0.1, 0.15) is 31.7 Å². The predicted octanol–water partition coefficient (Wildman–Crippen LogP) is 1.92. The lowest BCUT2D eigenvalue weighted by molar-refractivity contribution is -0.127. The molecular weight excluding hydrogens is 242 g/mol. The number of morpholine rings is 1. The summed E-state index contributed by atoms with van der Waals surface area (Å²) < 4.78 is 5.26. The molecule has 1 aromatic carbocycles. The molecule has 4 heteroatoms. The Morgan fingerprint density at radius 2 is 2.05 bits per heavy atom. The molecule has 19 heavy (non-hydrogen) atoms. The Bertz CT molecular complexity index is 426. The molecule has 0 bridgehead atoms. The van der Waals surface area contributed by atoms with Gasteiger partial charge in [-0.2, -0.15) is 0 Å². The van der Waals surface area contributed by atoms with Crippen LogP contribution in [0.5, 0.6) is 0 Å². The fourth-order valence-corrected chi connectivity index (χ4v) is 2.37. The highest BCUT2D eigenvalue weighted by Gasteiger charge is 2.29. The highest BCUT2D eigenvalue weighted by molar-refractivity contribution is 5.95. The molecule has 104 valence electrons. The van der Waals surface area contributed by atoms with Crippen molar-refractivity contribution >= 4 is 11.6 Å². The maximum Gasteiger partial charge on any atom is 0.253 e. The van der Waals surface area contributed by atoms with Gasteiger partial charge in [-0.3, -0.25) is 4.79 Å². The van der Waals surface area contributed by atoms with Crippen LogP contribution < -0.4 is 4.90 Å². The quantitative estimate of drug-likeness (QED) is 0.903. The van der Waals surface area contributed by atoms with Gasteiger partial charge in [-0.1, -0.05) is 26.0 Å². The molecule has 1 amide bonds. The highest BCUT2D eigenvalue weighted by Crippen LogP contribution is 2.24. The van der Waals surface area contributed by atoms with Gasteiger partial charge in [-0.05, 0) is 30.0 Å². The maximum atomic E-state index is 12.0. The topological polar surface area (TPSA) is 49.8 Å². The van der Waals surface area contributed by atoms with E-state index in [1.54, 1.807) is 4.90 Å². The zero-order valence-electron chi connectivity index (χ0n) is 11.5. The van der Waals surface area contributed by atoms with Crippen LogP contribution >= 0.6 is 0 Å². The summed E-state index contributed by atoms with van der Waals surface area (Å²) in [6.45, 7) is 4.95. The molecule has 1 fully saturated rings. The van der Waals surface area contributed by atoms with E-state index in [1.165, 1.54) is 5.56 Å². The fraction of sp³-hybridized carbons (Fsp3) is 0.533. The summed E-state index contributed by atoms with van der Waals surface area (Å²) in [4.78, 5) is 13.8. The fourth-order valence-electron chi connectivity index (χ4n) is 2.37. The number of aliphatic hydroxyl groups excluding tert-OH is 1. The van der Waals surface area contributed by atoms with Crippen molar-refractivity contribution in [2.75, 3.05) is 24.7 Å². The Balaban J connectivity index is 2.22. The van der Waals surface area contributed by atoms with Gasteiger partial charge in [-0.15, -0.1) is 0 Å². The predicted molar refractivity (Wildman–Crippen MR) is 74.3 cm³/mol. The molecule has 1 saturated heterocycles. The lowest BCUT2D eigenvalue weighted by atomic mass is 10.0. The minimum absolute atomic E-state index is 0.0398. The number of carbonyl (C=O) groups is 1. The van der Waals surface area contributed by atoms with Gasteiger partial charge in [0.1, 0.15) is 6.61 Å². The molecule has 1 atom stereocenters. The SMILES string of the molecule is CC(C)c1ccc(N2C(=O)COCC2CCO)cc1. The summed E-state index contributed by atoms with van der Waals surface area (Å²) in [7, 11) is 0. The summed E-state index contributed by atoms with van der Waals surface area (Å²) in [5.41, 5.74) is 2.14. The number of benzene rings is 1. The maximum absolute atomic E-state index is 12.0. The van der Waals surface area contributed by atoms with Crippen LogP contribution in [0.25, 0.3) is 0 Å². The average Bonchev–Trinajstić information content (AvgIpc) is 2.39. The van der Waals surface area contributed by atoms with Gasteiger partial charge in [0.2, 0.25) is 0 Å². The Labute approximate surface area is 114 Å². The molecule has 4 nitrogen and oxygen atoms in total. The van der Waals surface area contributed by atoms with Crippen LogP contribution in [0.2, 0.25) is 0 Å². The highest BCUT2D eigenvalue weighted by atomic mass is 16.5. The molecule has 1 N–H and O–H groups in total. The van der Waals surface area contributed by atoms with Gasteiger partial charge in [-0.25, -0.2) is 0 Å². The zero-order chi connectivity index (χ0) is 13.8. The standard InChI is InChI=1S/C15H21NO3/c1-11(2)12-3-5-13(6-4-12)16-14(7-8-17)9-19-10-15(16)18/h3-6,11,14,17H,7-10H2,1-2H3. The second kappa shape index (κ2) is 6.17. The Morgan fingerprint density at radius 3 is 2.63 bits per heavy atom. The largest absolute Gasteiger partial charge is 0.396 e. The normalized spacial score (nSPS) is 20.1. The van der Waals surface area contributed by atoms with Gasteiger partial charge >= 0.3 is 0 Å². The Kier molecular flexibility index (Phi) is 4.56. The van der Waals surface area contributed by atoms with Crippen molar-refractivity contribution in [2.24, 2.45) is 0 Å². The first-order valence-electron chi connectivity index (χ1n) is 6.74. The summed E-state index contributed by atoms with van der Waals surface area (Å²) >= 11 is 0. The van der Waals surface area contributed by atoms with Crippen LogP contribution in [0.3, 0.4) is 0 Å². The number of hydrogen-bond acceptors (Lipinski definition) is 3. The van der Waals surface area contributed by atoms with Crippen molar-refractivity contribution in [1.82, 2.24) is 0 Å². The molecule has 0 saturated carbocycles. The molecule has 0 aromatic heterocycles. The van der Waals surface area contributed by atoms with Gasteiger partial charge in [0.25, 0.3) is 5.91 Å². The molecule has 1 aliphatic heterocycles. The van der Waals surface area contributed by atoms with Gasteiger partial charge in [0.15, 0.2) is 0 Å². The van der Waals surface area contributed by atoms with E-state index >= 15 is 0 Å². The smallest absolute Gasteiger partial charge is 0.253 e. The number of aliphatic hydroxyl groups is 1. The average molecular weight is 263 g/mol. The van der Waals surface area contributed by atoms with E-state index in [2.05, 4.69) is 26.0 Å². The van der Waals surface area contributed by atoms with Gasteiger partial charge in [0.05, 0.1) is 12.6 Å². The number of hydrogen-bond donors (Lipinski definition) is 1. The van der Waals surface area contributed by atoms with E-state index in [0.717, 1.165) is 5.69 Å². The van der Waals surface area contributed by atoms with Crippen LogP contribution in [0, 0.1) is 0 Å². The minimum Gasteiger partial charge on any atom is -0.396 e. The molecule has 1 aliphatic rings. The molecule has 0 radical (unpaired) electrons. The molecule has 1 aromatic rings. The third-order valence-corrected chi connectivity index (χ3v) is 3.47. The van der Waals surface area contributed by atoms with Crippen LogP contribution in [0.15, 0.2) is 24.3 Å². The number of rotatable bonds is 4. The number of carbonyl (C=O) groups excluding carboxylic acids is 1. The van der Waals surface area contributed by atoms with Gasteiger partial charge < -0.3 is 14.7 Å². The van der Waals surface area contributed by atoms with E-state index in [0.29, 0.717) is 18.9 Å². The number of nitrogens with zero attached hydrogens (tertiary/aromatic N) is 1.